The van der Waals surface area contributed by atoms with Crippen LogP contribution in [0.15, 0.2) is 46.9 Å². The van der Waals surface area contributed by atoms with E-state index in [9.17, 15) is 9.59 Å². The van der Waals surface area contributed by atoms with Crippen molar-refractivity contribution in [2.75, 3.05) is 6.61 Å². The Balaban J connectivity index is 1.88. The maximum absolute atomic E-state index is 12.3. The number of carbonyl (C=O) groups is 2. The Labute approximate surface area is 161 Å². The second kappa shape index (κ2) is 9.24. The first-order valence-electron chi connectivity index (χ1n) is 8.10. The topological polar surface area (TPSA) is 76.7 Å². The molecule has 0 saturated carbocycles. The molecule has 2 aromatic carbocycles. The molecule has 2 amide bonds. The van der Waals surface area contributed by atoms with Crippen LogP contribution in [0.3, 0.4) is 0 Å². The zero-order valence-corrected chi connectivity index (χ0v) is 16.4. The number of amides is 2. The monoisotopic (exact) mass is 420 g/mol. The number of hydrazine groups is 1. The van der Waals surface area contributed by atoms with E-state index in [1.807, 2.05) is 32.9 Å². The Morgan fingerprint density at radius 1 is 1.08 bits per heavy atom. The van der Waals surface area contributed by atoms with Gasteiger partial charge >= 0.3 is 0 Å². The Bertz CT molecular complexity index is 793. The molecule has 26 heavy (non-hydrogen) atoms. The van der Waals surface area contributed by atoms with Crippen LogP contribution >= 0.6 is 15.9 Å². The highest BCUT2D eigenvalue weighted by Gasteiger charge is 2.14. The molecule has 0 unspecified atom stereocenters. The maximum atomic E-state index is 12.3. The van der Waals surface area contributed by atoms with E-state index < -0.39 is 11.8 Å². The number of nitrogens with one attached hydrogen (secondary N) is 2. The van der Waals surface area contributed by atoms with Crippen LogP contribution in [0.25, 0.3) is 0 Å². The lowest BCUT2D eigenvalue weighted by Crippen LogP contribution is -2.44. The first-order chi connectivity index (χ1) is 12.4. The molecule has 138 valence electrons. The predicted octanol–water partition coefficient (Wildman–Crippen LogP) is 3.38. The molecule has 0 aromatic heterocycles. The molecule has 0 spiro atoms. The van der Waals surface area contributed by atoms with Crippen LogP contribution in [0.2, 0.25) is 0 Å². The zero-order chi connectivity index (χ0) is 19.1. The molecule has 0 aliphatic carbocycles. The standard InChI is InChI=1S/C19H21BrN2O4/c1-12(2)26-16-7-5-4-6-14(16)19(24)22-21-18(23)11-25-17-9-8-13(3)10-15(17)20/h4-10,12H,11H2,1-3H3,(H,21,23)(H,22,24). The summed E-state index contributed by atoms with van der Waals surface area (Å²) in [5.74, 6) is 0.0565. The lowest BCUT2D eigenvalue weighted by molar-refractivity contribution is -0.123. The normalized spacial score (nSPS) is 10.3. The molecule has 7 heteroatoms. The molecule has 0 aliphatic rings. The lowest BCUT2D eigenvalue weighted by atomic mass is 10.2. The van der Waals surface area contributed by atoms with Gasteiger partial charge in [-0.15, -0.1) is 0 Å². The molecule has 0 aliphatic heterocycles. The van der Waals surface area contributed by atoms with Gasteiger partial charge in [0, 0.05) is 0 Å². The summed E-state index contributed by atoms with van der Waals surface area (Å²) in [7, 11) is 0. The van der Waals surface area contributed by atoms with Gasteiger partial charge in [0.15, 0.2) is 6.61 Å². The number of para-hydroxylation sites is 1. The Morgan fingerprint density at radius 3 is 2.50 bits per heavy atom. The highest BCUT2D eigenvalue weighted by atomic mass is 79.9. The van der Waals surface area contributed by atoms with Gasteiger partial charge in [-0.2, -0.15) is 0 Å². The molecule has 2 N–H and O–H groups in total. The molecule has 2 aromatic rings. The highest BCUT2D eigenvalue weighted by Crippen LogP contribution is 2.25. The minimum Gasteiger partial charge on any atom is -0.490 e. The zero-order valence-electron chi connectivity index (χ0n) is 14.8. The van der Waals surface area contributed by atoms with Gasteiger partial charge in [-0.05, 0) is 66.5 Å². The van der Waals surface area contributed by atoms with Crippen LogP contribution in [0.1, 0.15) is 29.8 Å². The van der Waals surface area contributed by atoms with Crippen molar-refractivity contribution in [1.82, 2.24) is 10.9 Å². The summed E-state index contributed by atoms with van der Waals surface area (Å²) in [5.41, 5.74) is 6.10. The molecule has 0 heterocycles. The summed E-state index contributed by atoms with van der Waals surface area (Å²) in [6.07, 6.45) is -0.0695. The smallest absolute Gasteiger partial charge is 0.276 e. The average molecular weight is 421 g/mol. The molecule has 0 fully saturated rings. The average Bonchev–Trinajstić information content (AvgIpc) is 2.59. The number of ether oxygens (including phenoxy) is 2. The second-order valence-corrected chi connectivity index (χ2v) is 6.74. The first-order valence-corrected chi connectivity index (χ1v) is 8.90. The maximum Gasteiger partial charge on any atom is 0.276 e. The van der Waals surface area contributed by atoms with Crippen LogP contribution in [-0.2, 0) is 4.79 Å². The van der Waals surface area contributed by atoms with Crippen molar-refractivity contribution in [2.24, 2.45) is 0 Å². The fourth-order valence-electron chi connectivity index (χ4n) is 2.11. The third-order valence-corrected chi connectivity index (χ3v) is 3.88. The van der Waals surface area contributed by atoms with Gasteiger partial charge in [0.05, 0.1) is 16.1 Å². The van der Waals surface area contributed by atoms with E-state index in [1.165, 1.54) is 0 Å². The highest BCUT2D eigenvalue weighted by molar-refractivity contribution is 9.10. The number of hydrogen-bond acceptors (Lipinski definition) is 4. The van der Waals surface area contributed by atoms with E-state index in [0.29, 0.717) is 17.1 Å². The summed E-state index contributed by atoms with van der Waals surface area (Å²) in [5, 5.41) is 0. The third kappa shape index (κ3) is 5.77. The quantitative estimate of drug-likeness (QED) is 0.702. The van der Waals surface area contributed by atoms with Gasteiger partial charge in [0.25, 0.3) is 11.8 Å². The van der Waals surface area contributed by atoms with Gasteiger partial charge in [-0.3, -0.25) is 20.4 Å². The Morgan fingerprint density at radius 2 is 1.81 bits per heavy atom. The summed E-state index contributed by atoms with van der Waals surface area (Å²) in [6.45, 7) is 5.47. The van der Waals surface area contributed by atoms with E-state index in [2.05, 4.69) is 26.8 Å². The molecular formula is C19H21BrN2O4. The van der Waals surface area contributed by atoms with Crippen LogP contribution in [0.4, 0.5) is 0 Å². The van der Waals surface area contributed by atoms with Crippen LogP contribution < -0.4 is 20.3 Å². The van der Waals surface area contributed by atoms with E-state index in [-0.39, 0.29) is 12.7 Å². The fraction of sp³-hybridized carbons (Fsp3) is 0.263. The van der Waals surface area contributed by atoms with Crippen molar-refractivity contribution < 1.29 is 19.1 Å². The predicted molar refractivity (Wildman–Crippen MR) is 102 cm³/mol. The van der Waals surface area contributed by atoms with Crippen molar-refractivity contribution in [3.8, 4) is 11.5 Å². The summed E-state index contributed by atoms with van der Waals surface area (Å²) < 4.78 is 11.8. The van der Waals surface area contributed by atoms with Gasteiger partial charge in [0.2, 0.25) is 0 Å². The Hall–Kier alpha value is -2.54. The number of halogens is 1. The van der Waals surface area contributed by atoms with Crippen molar-refractivity contribution in [3.05, 3.63) is 58.1 Å². The molecular weight excluding hydrogens is 400 g/mol. The Kier molecular flexibility index (Phi) is 7.03. The number of carbonyl (C=O) groups excluding carboxylic acids is 2. The lowest BCUT2D eigenvalue weighted by Gasteiger charge is -2.14. The number of hydrogen-bond donors (Lipinski definition) is 2. The van der Waals surface area contributed by atoms with Crippen molar-refractivity contribution in [1.29, 1.82) is 0 Å². The number of rotatable bonds is 6. The van der Waals surface area contributed by atoms with E-state index >= 15 is 0 Å². The van der Waals surface area contributed by atoms with Crippen LogP contribution in [0, 0.1) is 6.92 Å². The molecule has 6 nitrogen and oxygen atoms in total. The van der Waals surface area contributed by atoms with Crippen molar-refractivity contribution in [2.45, 2.75) is 26.9 Å². The van der Waals surface area contributed by atoms with Crippen LogP contribution in [0.5, 0.6) is 11.5 Å². The summed E-state index contributed by atoms with van der Waals surface area (Å²) in [6, 6.07) is 12.4. The van der Waals surface area contributed by atoms with Gasteiger partial charge in [0.1, 0.15) is 11.5 Å². The van der Waals surface area contributed by atoms with E-state index in [4.69, 9.17) is 9.47 Å². The molecule has 2 rings (SSSR count). The van der Waals surface area contributed by atoms with Crippen molar-refractivity contribution >= 4 is 27.7 Å². The van der Waals surface area contributed by atoms with Gasteiger partial charge < -0.3 is 9.47 Å². The molecule has 0 radical (unpaired) electrons. The summed E-state index contributed by atoms with van der Waals surface area (Å²) >= 11 is 3.38. The van der Waals surface area contributed by atoms with Gasteiger partial charge in [-0.25, -0.2) is 0 Å². The van der Waals surface area contributed by atoms with Crippen LogP contribution in [-0.4, -0.2) is 24.5 Å². The first kappa shape index (κ1) is 19.8. The second-order valence-electron chi connectivity index (χ2n) is 5.89. The van der Waals surface area contributed by atoms with E-state index in [0.717, 1.165) is 10.0 Å². The van der Waals surface area contributed by atoms with Crippen molar-refractivity contribution in [3.63, 3.8) is 0 Å². The third-order valence-electron chi connectivity index (χ3n) is 3.26. The number of benzene rings is 2. The molecule has 0 atom stereocenters. The fourth-order valence-corrected chi connectivity index (χ4v) is 2.71. The minimum atomic E-state index is -0.479. The summed E-state index contributed by atoms with van der Waals surface area (Å²) in [4.78, 5) is 24.2. The SMILES string of the molecule is Cc1ccc(OCC(=O)NNC(=O)c2ccccc2OC(C)C)c(Br)c1. The largest absolute Gasteiger partial charge is 0.490 e. The van der Waals surface area contributed by atoms with E-state index in [1.54, 1.807) is 30.3 Å². The minimum absolute atomic E-state index is 0.0695. The molecule has 0 bridgehead atoms. The number of aryl methyl sites for hydroxylation is 1. The van der Waals surface area contributed by atoms with Gasteiger partial charge in [-0.1, -0.05) is 18.2 Å². The molecule has 0 saturated heterocycles.